The number of carbonyl (C=O) groups excluding carboxylic acids is 1. The Morgan fingerprint density at radius 2 is 2.17 bits per heavy atom. The lowest BCUT2D eigenvalue weighted by molar-refractivity contribution is -0.145. The fourth-order valence-electron chi connectivity index (χ4n) is 0.807. The van der Waals surface area contributed by atoms with Crippen molar-refractivity contribution in [2.24, 2.45) is 0 Å². The molecule has 5 nitrogen and oxygen atoms in total. The van der Waals surface area contributed by atoms with E-state index in [9.17, 15) is 9.18 Å². The average Bonchev–Trinajstić information content (AvgIpc) is 2.32. The van der Waals surface area contributed by atoms with Crippen molar-refractivity contribution in [3.8, 4) is 0 Å². The first kappa shape index (κ1) is 8.79. The molecule has 1 rings (SSSR count). The van der Waals surface area contributed by atoms with Crippen LogP contribution in [0.15, 0.2) is 11.5 Å². The maximum atomic E-state index is 12.6. The topological polar surface area (TPSA) is 87.0 Å². The van der Waals surface area contributed by atoms with Crippen molar-refractivity contribution < 1.29 is 29.2 Å². The van der Waals surface area contributed by atoms with E-state index in [1.807, 2.05) is 0 Å². The van der Waals surface area contributed by atoms with Crippen molar-refractivity contribution in [3.05, 3.63) is 11.5 Å². The number of ether oxygens (including phenoxy) is 1. The van der Waals surface area contributed by atoms with Crippen molar-refractivity contribution in [2.75, 3.05) is 6.61 Å². The molecule has 0 spiro atoms. The number of esters is 1. The first-order valence-electron chi connectivity index (χ1n) is 3.16. The summed E-state index contributed by atoms with van der Waals surface area (Å²) in [5.41, 5.74) is 0. The highest BCUT2D eigenvalue weighted by atomic mass is 19.1. The summed E-state index contributed by atoms with van der Waals surface area (Å²) in [5, 5.41) is 25.9. The molecule has 6 heteroatoms. The summed E-state index contributed by atoms with van der Waals surface area (Å²) >= 11 is 0. The number of hydrogen-bond donors (Lipinski definition) is 3. The monoisotopic (exact) mass is 178 g/mol. The van der Waals surface area contributed by atoms with Crippen molar-refractivity contribution in [1.82, 2.24) is 0 Å². The van der Waals surface area contributed by atoms with Crippen molar-refractivity contribution in [3.63, 3.8) is 0 Å². The first-order valence-corrected chi connectivity index (χ1v) is 3.16. The molecule has 0 amide bonds. The van der Waals surface area contributed by atoms with E-state index in [0.29, 0.717) is 0 Å². The lowest BCUT2D eigenvalue weighted by atomic mass is 10.2. The fourth-order valence-corrected chi connectivity index (χ4v) is 0.807. The third-order valence-electron chi connectivity index (χ3n) is 1.44. The summed E-state index contributed by atoms with van der Waals surface area (Å²) in [6.07, 6.45) is -3.50. The first-order chi connectivity index (χ1) is 5.57. The molecule has 1 heterocycles. The molecule has 12 heavy (non-hydrogen) atoms. The Kier molecular flexibility index (Phi) is 2.18. The van der Waals surface area contributed by atoms with Gasteiger partial charge in [-0.3, -0.25) is 0 Å². The molecule has 0 saturated carbocycles. The van der Waals surface area contributed by atoms with Gasteiger partial charge in [-0.15, -0.1) is 0 Å². The van der Waals surface area contributed by atoms with E-state index in [-0.39, 0.29) is 0 Å². The highest BCUT2D eigenvalue weighted by Crippen LogP contribution is 2.22. The lowest BCUT2D eigenvalue weighted by Crippen LogP contribution is -2.27. The van der Waals surface area contributed by atoms with E-state index in [0.717, 1.165) is 0 Å². The maximum Gasteiger partial charge on any atom is 0.378 e. The van der Waals surface area contributed by atoms with E-state index in [4.69, 9.17) is 15.3 Å². The zero-order chi connectivity index (χ0) is 9.30. The zero-order valence-corrected chi connectivity index (χ0v) is 5.90. The van der Waals surface area contributed by atoms with E-state index in [2.05, 4.69) is 4.74 Å². The van der Waals surface area contributed by atoms with Crippen LogP contribution >= 0.6 is 0 Å². The maximum absolute atomic E-state index is 12.6. The Morgan fingerprint density at radius 3 is 2.50 bits per heavy atom. The highest BCUT2D eigenvalue weighted by Gasteiger charge is 2.39. The summed E-state index contributed by atoms with van der Waals surface area (Å²) in [7, 11) is 0. The molecule has 1 aliphatic rings. The molecule has 0 aliphatic carbocycles. The molecule has 2 atom stereocenters. The van der Waals surface area contributed by atoms with E-state index in [1.54, 1.807) is 0 Å². The molecule has 0 aromatic heterocycles. The Balaban J connectivity index is 2.80. The van der Waals surface area contributed by atoms with Crippen molar-refractivity contribution in [2.45, 2.75) is 12.3 Å². The fraction of sp³-hybridized carbons (Fsp3) is 0.500. The van der Waals surface area contributed by atoms with E-state index in [1.165, 1.54) is 0 Å². The minimum atomic E-state index is -1.92. The van der Waals surface area contributed by atoms with Crippen LogP contribution in [0.3, 0.4) is 0 Å². The second-order valence-corrected chi connectivity index (χ2v) is 2.26. The third-order valence-corrected chi connectivity index (χ3v) is 1.44. The Labute approximate surface area is 66.7 Å². The average molecular weight is 178 g/mol. The number of rotatable bonds is 2. The summed E-state index contributed by atoms with van der Waals surface area (Å²) < 4.78 is 16.8. The molecule has 0 bridgehead atoms. The summed E-state index contributed by atoms with van der Waals surface area (Å²) in [6.45, 7) is -0.894. The van der Waals surface area contributed by atoms with Gasteiger partial charge in [0.1, 0.15) is 0 Å². The Bertz CT molecular complexity index is 236. The second kappa shape index (κ2) is 2.98. The Morgan fingerprint density at radius 1 is 1.58 bits per heavy atom. The van der Waals surface area contributed by atoms with Gasteiger partial charge in [0, 0.05) is 0 Å². The second-order valence-electron chi connectivity index (χ2n) is 2.26. The zero-order valence-electron chi connectivity index (χ0n) is 5.90. The van der Waals surface area contributed by atoms with Gasteiger partial charge in [0.25, 0.3) is 0 Å². The highest BCUT2D eigenvalue weighted by molar-refractivity contribution is 5.89. The van der Waals surface area contributed by atoms with Crippen LogP contribution in [0, 0.1) is 0 Å². The molecule has 0 fully saturated rings. The van der Waals surface area contributed by atoms with Crippen LogP contribution in [0.2, 0.25) is 0 Å². The largest absolute Gasteiger partial charge is 0.505 e. The molecule has 0 saturated heterocycles. The van der Waals surface area contributed by atoms with Gasteiger partial charge in [0.05, 0.1) is 6.61 Å². The normalized spacial score (nSPS) is 25.8. The van der Waals surface area contributed by atoms with E-state index >= 15 is 0 Å². The van der Waals surface area contributed by atoms with E-state index < -0.39 is 36.4 Å². The van der Waals surface area contributed by atoms with Crippen LogP contribution < -0.4 is 0 Å². The third kappa shape index (κ3) is 1.20. The minimum absolute atomic E-state index is 0.874. The van der Waals surface area contributed by atoms with Gasteiger partial charge in [0.15, 0.2) is 18.0 Å². The summed E-state index contributed by atoms with van der Waals surface area (Å²) in [5.74, 6) is -3.06. The van der Waals surface area contributed by atoms with Gasteiger partial charge in [-0.05, 0) is 0 Å². The smallest absolute Gasteiger partial charge is 0.378 e. The van der Waals surface area contributed by atoms with Crippen molar-refractivity contribution >= 4 is 5.97 Å². The summed E-state index contributed by atoms with van der Waals surface area (Å²) in [4.78, 5) is 10.5. The number of alkyl halides is 1. The molecule has 68 valence electrons. The number of cyclic esters (lactones) is 1. The predicted octanol–water partition coefficient (Wildman–Crippen LogP) is -0.430. The van der Waals surface area contributed by atoms with Crippen LogP contribution in [0.25, 0.3) is 0 Å². The van der Waals surface area contributed by atoms with Gasteiger partial charge in [0.2, 0.25) is 5.76 Å². The number of hydrogen-bond acceptors (Lipinski definition) is 5. The number of aliphatic hydroxyl groups excluding tert-OH is 3. The molecule has 3 N–H and O–H groups in total. The molecule has 0 unspecified atom stereocenters. The van der Waals surface area contributed by atoms with Crippen LogP contribution in [0.4, 0.5) is 4.39 Å². The SMILES string of the molecule is O=C1O[C@H]([C@@H](F)CO)C(O)=C1O. The predicted molar refractivity (Wildman–Crippen MR) is 34.1 cm³/mol. The van der Waals surface area contributed by atoms with Gasteiger partial charge in [-0.25, -0.2) is 9.18 Å². The van der Waals surface area contributed by atoms with Crippen LogP contribution in [-0.2, 0) is 9.53 Å². The Hall–Kier alpha value is -1.30. The minimum Gasteiger partial charge on any atom is -0.505 e. The molecule has 0 aromatic rings. The van der Waals surface area contributed by atoms with Crippen LogP contribution in [0.5, 0.6) is 0 Å². The summed E-state index contributed by atoms with van der Waals surface area (Å²) in [6, 6.07) is 0. The molecule has 1 aliphatic heterocycles. The van der Waals surface area contributed by atoms with Gasteiger partial charge in [-0.1, -0.05) is 0 Å². The number of aliphatic hydroxyl groups is 3. The van der Waals surface area contributed by atoms with Crippen molar-refractivity contribution in [1.29, 1.82) is 0 Å². The lowest BCUT2D eigenvalue weighted by Gasteiger charge is -2.11. The molecule has 0 aromatic carbocycles. The molecular weight excluding hydrogens is 171 g/mol. The van der Waals surface area contributed by atoms with Crippen LogP contribution in [0.1, 0.15) is 0 Å². The van der Waals surface area contributed by atoms with Gasteiger partial charge in [-0.2, -0.15) is 0 Å². The number of halogens is 1. The standard InChI is InChI=1S/C6H7FO5/c7-2(1-8)5-3(9)4(10)6(11)12-5/h2,5,8-10H,1H2/t2-,5+/m0/s1. The van der Waals surface area contributed by atoms with Gasteiger partial charge < -0.3 is 20.1 Å². The van der Waals surface area contributed by atoms with Gasteiger partial charge >= 0.3 is 5.97 Å². The molecule has 0 radical (unpaired) electrons. The number of carbonyl (C=O) groups is 1. The molecular formula is C6H7FO5. The van der Waals surface area contributed by atoms with Crippen LogP contribution in [-0.4, -0.2) is 40.2 Å². The quantitative estimate of drug-likeness (QED) is 0.499.